The molecule has 1 amide bonds. The second-order valence-corrected chi connectivity index (χ2v) is 6.69. The maximum Gasteiger partial charge on any atom is 0.226 e. The SMILES string of the molecule is O=C(Cc1ccc(-c2ccc(OCCCO)cc2F)cn1)NCc1cccc(F)c1. The lowest BCUT2D eigenvalue weighted by molar-refractivity contribution is -0.120. The number of hydrogen-bond acceptors (Lipinski definition) is 4. The summed E-state index contributed by atoms with van der Waals surface area (Å²) in [6, 6.07) is 13.9. The van der Waals surface area contributed by atoms with Crippen LogP contribution in [0.3, 0.4) is 0 Å². The van der Waals surface area contributed by atoms with Crippen molar-refractivity contribution in [2.24, 2.45) is 0 Å². The molecule has 3 rings (SSSR count). The first-order valence-corrected chi connectivity index (χ1v) is 9.55. The fourth-order valence-electron chi connectivity index (χ4n) is 2.84. The van der Waals surface area contributed by atoms with Crippen molar-refractivity contribution < 1.29 is 23.4 Å². The summed E-state index contributed by atoms with van der Waals surface area (Å²) in [6.07, 6.45) is 2.06. The van der Waals surface area contributed by atoms with Crippen LogP contribution < -0.4 is 10.1 Å². The second kappa shape index (κ2) is 10.5. The summed E-state index contributed by atoms with van der Waals surface area (Å²) in [5.74, 6) is -0.644. The number of aromatic nitrogens is 1. The zero-order valence-corrected chi connectivity index (χ0v) is 16.3. The summed E-state index contributed by atoms with van der Waals surface area (Å²) in [4.78, 5) is 16.3. The molecule has 0 aliphatic carbocycles. The van der Waals surface area contributed by atoms with Crippen LogP contribution in [0.1, 0.15) is 17.7 Å². The number of hydrogen-bond donors (Lipinski definition) is 2. The van der Waals surface area contributed by atoms with E-state index in [-0.39, 0.29) is 31.3 Å². The van der Waals surface area contributed by atoms with E-state index in [2.05, 4.69) is 10.3 Å². The predicted octanol–water partition coefficient (Wildman–Crippen LogP) is 3.65. The third-order valence-corrected chi connectivity index (χ3v) is 4.37. The van der Waals surface area contributed by atoms with Gasteiger partial charge < -0.3 is 15.2 Å². The number of halogens is 2. The van der Waals surface area contributed by atoms with Crippen molar-refractivity contribution >= 4 is 5.91 Å². The third-order valence-electron chi connectivity index (χ3n) is 4.37. The number of carbonyl (C=O) groups excluding carboxylic acids is 1. The predicted molar refractivity (Wildman–Crippen MR) is 109 cm³/mol. The van der Waals surface area contributed by atoms with Gasteiger partial charge in [-0.3, -0.25) is 9.78 Å². The van der Waals surface area contributed by atoms with Crippen LogP contribution in [-0.4, -0.2) is 29.2 Å². The van der Waals surface area contributed by atoms with Gasteiger partial charge in [0.2, 0.25) is 5.91 Å². The number of nitrogens with zero attached hydrogens (tertiary/aromatic N) is 1. The summed E-state index contributed by atoms with van der Waals surface area (Å²) in [6.45, 7) is 0.556. The van der Waals surface area contributed by atoms with Crippen LogP contribution in [0.5, 0.6) is 5.75 Å². The number of pyridine rings is 1. The molecule has 156 valence electrons. The molecule has 0 saturated carbocycles. The Morgan fingerprint density at radius 2 is 1.97 bits per heavy atom. The summed E-state index contributed by atoms with van der Waals surface area (Å²) in [7, 11) is 0. The lowest BCUT2D eigenvalue weighted by Gasteiger charge is -2.09. The van der Waals surface area contributed by atoms with Crippen molar-refractivity contribution in [1.29, 1.82) is 0 Å². The minimum Gasteiger partial charge on any atom is -0.493 e. The smallest absolute Gasteiger partial charge is 0.226 e. The molecule has 1 aromatic heterocycles. The number of rotatable bonds is 9. The van der Waals surface area contributed by atoms with Crippen molar-refractivity contribution in [3.05, 3.63) is 83.7 Å². The molecular formula is C23H22F2N2O3. The summed E-state index contributed by atoms with van der Waals surface area (Å²) in [5, 5.41) is 11.5. The molecule has 0 aliphatic heterocycles. The molecule has 0 saturated heterocycles. The van der Waals surface area contributed by atoms with Crippen LogP contribution in [0, 0.1) is 11.6 Å². The molecule has 2 aromatic carbocycles. The van der Waals surface area contributed by atoms with Gasteiger partial charge >= 0.3 is 0 Å². The Labute approximate surface area is 173 Å². The molecular weight excluding hydrogens is 390 g/mol. The summed E-state index contributed by atoms with van der Waals surface area (Å²) < 4.78 is 32.9. The highest BCUT2D eigenvalue weighted by atomic mass is 19.1. The minimum absolute atomic E-state index is 0.0153. The van der Waals surface area contributed by atoms with E-state index >= 15 is 0 Å². The average Bonchev–Trinajstić information content (AvgIpc) is 2.73. The molecule has 0 aliphatic rings. The number of aliphatic hydroxyl groups excluding tert-OH is 1. The zero-order chi connectivity index (χ0) is 21.3. The maximum atomic E-state index is 14.4. The van der Waals surface area contributed by atoms with Gasteiger partial charge in [0.25, 0.3) is 0 Å². The molecule has 5 nitrogen and oxygen atoms in total. The maximum absolute atomic E-state index is 14.4. The van der Waals surface area contributed by atoms with E-state index < -0.39 is 5.82 Å². The van der Waals surface area contributed by atoms with Crippen molar-refractivity contribution in [2.45, 2.75) is 19.4 Å². The molecule has 0 bridgehead atoms. The van der Waals surface area contributed by atoms with Crippen LogP contribution in [0.25, 0.3) is 11.1 Å². The summed E-state index contributed by atoms with van der Waals surface area (Å²) in [5.41, 5.74) is 2.17. The first-order chi connectivity index (χ1) is 14.5. The van der Waals surface area contributed by atoms with Crippen LogP contribution in [0.15, 0.2) is 60.8 Å². The number of nitrogens with one attached hydrogen (secondary N) is 1. The van der Waals surface area contributed by atoms with Crippen molar-refractivity contribution in [2.75, 3.05) is 13.2 Å². The minimum atomic E-state index is -0.445. The van der Waals surface area contributed by atoms with E-state index in [1.54, 1.807) is 36.4 Å². The first-order valence-electron chi connectivity index (χ1n) is 9.55. The monoisotopic (exact) mass is 412 g/mol. The Bertz CT molecular complexity index is 994. The molecule has 30 heavy (non-hydrogen) atoms. The van der Waals surface area contributed by atoms with Gasteiger partial charge in [0, 0.05) is 48.7 Å². The van der Waals surface area contributed by atoms with Crippen LogP contribution >= 0.6 is 0 Å². The normalized spacial score (nSPS) is 10.6. The van der Waals surface area contributed by atoms with Gasteiger partial charge in [-0.15, -0.1) is 0 Å². The van der Waals surface area contributed by atoms with E-state index in [1.807, 2.05) is 0 Å². The fraction of sp³-hybridized carbons (Fsp3) is 0.217. The van der Waals surface area contributed by atoms with E-state index in [0.29, 0.717) is 41.2 Å². The van der Waals surface area contributed by atoms with Gasteiger partial charge in [0.15, 0.2) is 0 Å². The number of amides is 1. The largest absolute Gasteiger partial charge is 0.493 e. The van der Waals surface area contributed by atoms with Gasteiger partial charge in [-0.25, -0.2) is 8.78 Å². The number of ether oxygens (including phenoxy) is 1. The van der Waals surface area contributed by atoms with Gasteiger partial charge in [0.1, 0.15) is 17.4 Å². The zero-order valence-electron chi connectivity index (χ0n) is 16.3. The van der Waals surface area contributed by atoms with Crippen molar-refractivity contribution in [3.8, 4) is 16.9 Å². The Balaban J connectivity index is 1.57. The van der Waals surface area contributed by atoms with Crippen LogP contribution in [0.2, 0.25) is 0 Å². The molecule has 0 fully saturated rings. The van der Waals surface area contributed by atoms with E-state index in [1.165, 1.54) is 24.4 Å². The van der Waals surface area contributed by atoms with Crippen molar-refractivity contribution in [3.63, 3.8) is 0 Å². The average molecular weight is 412 g/mol. The molecule has 3 aromatic rings. The Morgan fingerprint density at radius 3 is 2.67 bits per heavy atom. The Morgan fingerprint density at radius 1 is 1.10 bits per heavy atom. The highest BCUT2D eigenvalue weighted by Crippen LogP contribution is 2.26. The molecule has 2 N–H and O–H groups in total. The highest BCUT2D eigenvalue weighted by molar-refractivity contribution is 5.78. The Kier molecular flexibility index (Phi) is 7.45. The standard InChI is InChI=1S/C23H22F2N2O3/c24-18-4-1-3-16(11-18)14-27-23(29)12-19-6-5-17(15-26-19)21-8-7-20(13-22(21)25)30-10-2-9-28/h1,3-8,11,13,15,28H,2,9-10,12,14H2,(H,27,29). The van der Waals surface area contributed by atoms with Gasteiger partial charge in [0.05, 0.1) is 13.0 Å². The van der Waals surface area contributed by atoms with E-state index in [4.69, 9.17) is 9.84 Å². The van der Waals surface area contributed by atoms with Crippen molar-refractivity contribution in [1.82, 2.24) is 10.3 Å². The molecule has 0 atom stereocenters. The molecule has 0 unspecified atom stereocenters. The molecule has 7 heteroatoms. The molecule has 0 spiro atoms. The van der Waals surface area contributed by atoms with Gasteiger partial charge in [-0.1, -0.05) is 18.2 Å². The second-order valence-electron chi connectivity index (χ2n) is 6.69. The quantitative estimate of drug-likeness (QED) is 0.527. The number of aliphatic hydroxyl groups is 1. The number of benzene rings is 2. The highest BCUT2D eigenvalue weighted by Gasteiger charge is 2.09. The first kappa shape index (κ1) is 21.4. The lowest BCUT2D eigenvalue weighted by atomic mass is 10.1. The van der Waals surface area contributed by atoms with Gasteiger partial charge in [-0.2, -0.15) is 0 Å². The van der Waals surface area contributed by atoms with Crippen LogP contribution in [-0.2, 0) is 17.8 Å². The third kappa shape index (κ3) is 6.09. The van der Waals surface area contributed by atoms with Gasteiger partial charge in [-0.05, 0) is 35.9 Å². The van der Waals surface area contributed by atoms with E-state index in [9.17, 15) is 13.6 Å². The topological polar surface area (TPSA) is 71.5 Å². The summed E-state index contributed by atoms with van der Waals surface area (Å²) >= 11 is 0. The van der Waals surface area contributed by atoms with E-state index in [0.717, 1.165) is 0 Å². The molecule has 0 radical (unpaired) electrons. The lowest BCUT2D eigenvalue weighted by Crippen LogP contribution is -2.24. The number of carbonyl (C=O) groups is 1. The fourth-order valence-corrected chi connectivity index (χ4v) is 2.84. The van der Waals surface area contributed by atoms with Crippen LogP contribution in [0.4, 0.5) is 8.78 Å². The molecule has 1 heterocycles. The Hall–Kier alpha value is -3.32.